The number of amides is 2. The summed E-state index contributed by atoms with van der Waals surface area (Å²) in [7, 11) is -3.92. The Bertz CT molecular complexity index is 1290. The van der Waals surface area contributed by atoms with E-state index in [9.17, 15) is 22.0 Å². The average molecular weight is 479 g/mol. The third kappa shape index (κ3) is 4.50. The smallest absolute Gasteiger partial charge is 0.320 e. The molecule has 32 heavy (non-hydrogen) atoms. The highest BCUT2D eigenvalue weighted by atomic mass is 32.2. The third-order valence-electron chi connectivity index (χ3n) is 5.08. The van der Waals surface area contributed by atoms with Crippen molar-refractivity contribution in [1.82, 2.24) is 9.88 Å². The Morgan fingerprint density at radius 1 is 1.16 bits per heavy atom. The van der Waals surface area contributed by atoms with Crippen LogP contribution >= 0.6 is 11.3 Å². The fourth-order valence-electron chi connectivity index (χ4n) is 3.63. The van der Waals surface area contributed by atoms with Crippen LogP contribution in [0.15, 0.2) is 46.7 Å². The number of nitrogens with zero attached hydrogens (tertiary/aromatic N) is 3. The zero-order valence-corrected chi connectivity index (χ0v) is 18.7. The molecule has 1 aliphatic rings. The molecule has 2 amide bonds. The van der Waals surface area contributed by atoms with Crippen molar-refractivity contribution in [3.63, 3.8) is 0 Å². The lowest BCUT2D eigenvalue weighted by molar-refractivity contribution is 0.192. The van der Waals surface area contributed by atoms with Crippen LogP contribution in [0.25, 0.3) is 11.1 Å². The second-order valence-electron chi connectivity index (χ2n) is 7.45. The van der Waals surface area contributed by atoms with Crippen LogP contribution in [0.2, 0.25) is 0 Å². The van der Waals surface area contributed by atoms with Crippen LogP contribution < -0.4 is 10.0 Å². The van der Waals surface area contributed by atoms with Crippen LogP contribution in [0.4, 0.5) is 18.7 Å². The van der Waals surface area contributed by atoms with Gasteiger partial charge in [0.05, 0.1) is 5.69 Å². The van der Waals surface area contributed by atoms with Gasteiger partial charge < -0.3 is 4.90 Å². The lowest BCUT2D eigenvalue weighted by Crippen LogP contribution is -2.49. The van der Waals surface area contributed by atoms with Gasteiger partial charge in [-0.05, 0) is 48.7 Å². The number of anilines is 1. The van der Waals surface area contributed by atoms with E-state index < -0.39 is 21.7 Å². The zero-order chi connectivity index (χ0) is 23.0. The molecule has 0 bridgehead atoms. The Labute approximate surface area is 188 Å². The quantitative estimate of drug-likeness (QED) is 0.602. The lowest BCUT2D eigenvalue weighted by atomic mass is 10.0. The number of hydrogen-bond acceptors (Lipinski definition) is 5. The first-order valence-electron chi connectivity index (χ1n) is 9.74. The molecule has 4 rings (SSSR count). The van der Waals surface area contributed by atoms with Crippen molar-refractivity contribution < 1.29 is 22.0 Å². The van der Waals surface area contributed by atoms with Gasteiger partial charge in [-0.3, -0.25) is 4.90 Å². The van der Waals surface area contributed by atoms with Gasteiger partial charge >= 0.3 is 6.03 Å². The summed E-state index contributed by atoms with van der Waals surface area (Å²) in [5.74, 6) is -1.07. The molecule has 1 saturated heterocycles. The highest BCUT2D eigenvalue weighted by molar-refractivity contribution is 7.91. The van der Waals surface area contributed by atoms with E-state index in [-0.39, 0.29) is 33.2 Å². The maximum Gasteiger partial charge on any atom is 0.326 e. The van der Waals surface area contributed by atoms with Gasteiger partial charge in [-0.2, -0.15) is 0 Å². The summed E-state index contributed by atoms with van der Waals surface area (Å²) in [5.41, 5.74) is 1.66. The fourth-order valence-corrected chi connectivity index (χ4v) is 5.60. The molecule has 0 atom stereocenters. The first-order valence-corrected chi connectivity index (χ1v) is 12.1. The number of sulfonamides is 1. The van der Waals surface area contributed by atoms with E-state index in [1.807, 2.05) is 0 Å². The summed E-state index contributed by atoms with van der Waals surface area (Å²) in [6.45, 7) is 2.69. The topological polar surface area (TPSA) is 96.6 Å². The molecule has 0 saturated carbocycles. The van der Waals surface area contributed by atoms with E-state index in [0.29, 0.717) is 25.1 Å². The Kier molecular flexibility index (Phi) is 5.97. The lowest BCUT2D eigenvalue weighted by Gasteiger charge is -2.34. The number of carbonyl (C=O) groups is 1. The average Bonchev–Trinajstić information content (AvgIpc) is 3.13. The largest absolute Gasteiger partial charge is 0.326 e. The van der Waals surface area contributed by atoms with E-state index in [0.717, 1.165) is 35.1 Å². The molecular formula is C21H20F2N4O3S2. The van der Waals surface area contributed by atoms with E-state index in [2.05, 4.69) is 4.98 Å². The van der Waals surface area contributed by atoms with E-state index in [4.69, 9.17) is 5.14 Å². The molecule has 1 aliphatic heterocycles. The Balaban J connectivity index is 1.57. The maximum absolute atomic E-state index is 14.2. The number of thiazole rings is 1. The number of hydrogen-bond donors (Lipinski definition) is 1. The first-order chi connectivity index (χ1) is 15.1. The van der Waals surface area contributed by atoms with Crippen LogP contribution in [0.3, 0.4) is 0 Å². The molecule has 0 unspecified atom stereocenters. The van der Waals surface area contributed by atoms with Crippen LogP contribution in [-0.2, 0) is 16.6 Å². The summed E-state index contributed by atoms with van der Waals surface area (Å²) in [5, 5.41) is 5.50. The third-order valence-corrected chi connectivity index (χ3v) is 7.82. The van der Waals surface area contributed by atoms with Gasteiger partial charge in [-0.25, -0.2) is 32.1 Å². The van der Waals surface area contributed by atoms with Crippen LogP contribution in [0.5, 0.6) is 0 Å². The standard InChI is InChI=1S/C21H20F2N4O3S2/c1-13-19(32(24,29)30)31-20(25-13)27-9-3-8-26(21(27)28)12-14-4-2-5-15(10-14)17-11-16(22)6-7-18(17)23/h2,4-7,10-11H,3,8-9,12H2,1H3,(H2,24,29,30). The molecule has 0 aliphatic carbocycles. The van der Waals surface area contributed by atoms with Gasteiger partial charge in [0.1, 0.15) is 11.6 Å². The minimum absolute atomic E-state index is 0.0674. The molecule has 2 heterocycles. The number of halogens is 2. The predicted molar refractivity (Wildman–Crippen MR) is 118 cm³/mol. The molecule has 11 heteroatoms. The van der Waals surface area contributed by atoms with Gasteiger partial charge in [-0.1, -0.05) is 29.5 Å². The van der Waals surface area contributed by atoms with E-state index in [1.54, 1.807) is 29.2 Å². The van der Waals surface area contributed by atoms with Crippen molar-refractivity contribution >= 4 is 32.5 Å². The number of carbonyl (C=O) groups excluding carboxylic acids is 1. The van der Waals surface area contributed by atoms with Crippen molar-refractivity contribution in [3.8, 4) is 11.1 Å². The second kappa shape index (κ2) is 8.57. The molecule has 0 radical (unpaired) electrons. The highest BCUT2D eigenvalue weighted by Gasteiger charge is 2.30. The molecule has 3 aromatic rings. The summed E-state index contributed by atoms with van der Waals surface area (Å²) in [6, 6.07) is 9.89. The van der Waals surface area contributed by atoms with Crippen molar-refractivity contribution in [2.24, 2.45) is 5.14 Å². The van der Waals surface area contributed by atoms with Crippen molar-refractivity contribution in [2.45, 2.75) is 24.1 Å². The summed E-state index contributed by atoms with van der Waals surface area (Å²) >= 11 is 0.865. The summed E-state index contributed by atoms with van der Waals surface area (Å²) in [4.78, 5) is 20.4. The molecule has 7 nitrogen and oxygen atoms in total. The summed E-state index contributed by atoms with van der Waals surface area (Å²) in [6.07, 6.45) is 0.660. The molecule has 2 aromatic carbocycles. The predicted octanol–water partition coefficient (Wildman–Crippen LogP) is 3.88. The molecule has 1 fully saturated rings. The SMILES string of the molecule is Cc1nc(N2CCCN(Cc3cccc(-c4cc(F)ccc4F)c3)C2=O)sc1S(N)(=O)=O. The number of nitrogens with two attached hydrogens (primary N) is 1. The number of aromatic nitrogens is 1. The fraction of sp³-hybridized carbons (Fsp3) is 0.238. The van der Waals surface area contributed by atoms with Gasteiger partial charge in [0, 0.05) is 25.2 Å². The molecular weight excluding hydrogens is 458 g/mol. The maximum atomic E-state index is 14.2. The molecule has 168 valence electrons. The highest BCUT2D eigenvalue weighted by Crippen LogP contribution is 2.31. The van der Waals surface area contributed by atoms with Crippen LogP contribution in [-0.4, -0.2) is 37.4 Å². The first kappa shape index (κ1) is 22.3. The Hall–Kier alpha value is -2.89. The Morgan fingerprint density at radius 3 is 2.66 bits per heavy atom. The Morgan fingerprint density at radius 2 is 1.94 bits per heavy atom. The number of urea groups is 1. The second-order valence-corrected chi connectivity index (χ2v) is 10.2. The zero-order valence-electron chi connectivity index (χ0n) is 17.1. The normalized spacial score (nSPS) is 14.8. The number of primary sulfonamides is 1. The van der Waals surface area contributed by atoms with Crippen LogP contribution in [0.1, 0.15) is 17.7 Å². The van der Waals surface area contributed by atoms with Crippen molar-refractivity contribution in [3.05, 3.63) is 65.4 Å². The van der Waals surface area contributed by atoms with Gasteiger partial charge in [0.25, 0.3) is 0 Å². The number of aryl methyl sites for hydroxylation is 1. The minimum atomic E-state index is -3.92. The molecule has 0 spiro atoms. The van der Waals surface area contributed by atoms with Gasteiger partial charge in [0.15, 0.2) is 9.34 Å². The van der Waals surface area contributed by atoms with Crippen LogP contribution in [0, 0.1) is 18.6 Å². The number of rotatable bonds is 5. The van der Waals surface area contributed by atoms with Gasteiger partial charge in [-0.15, -0.1) is 0 Å². The van der Waals surface area contributed by atoms with E-state index >= 15 is 0 Å². The van der Waals surface area contributed by atoms with Gasteiger partial charge in [0.2, 0.25) is 10.0 Å². The minimum Gasteiger partial charge on any atom is -0.320 e. The number of benzene rings is 2. The van der Waals surface area contributed by atoms with Crippen molar-refractivity contribution in [1.29, 1.82) is 0 Å². The van der Waals surface area contributed by atoms with E-state index in [1.165, 1.54) is 11.8 Å². The molecule has 2 N–H and O–H groups in total. The molecule has 1 aromatic heterocycles. The monoisotopic (exact) mass is 478 g/mol. The summed E-state index contributed by atoms with van der Waals surface area (Å²) < 4.78 is 51.1. The van der Waals surface area contributed by atoms with Crippen molar-refractivity contribution in [2.75, 3.05) is 18.0 Å².